The summed E-state index contributed by atoms with van der Waals surface area (Å²) in [5.74, 6) is -0.917. The molecular weight excluding hydrogens is 216 g/mol. The Labute approximate surface area is 103 Å². The first kappa shape index (κ1) is 14.0. The van der Waals surface area contributed by atoms with Crippen molar-refractivity contribution in [2.45, 2.75) is 65.3 Å². The Kier molecular flexibility index (Phi) is 4.97. The third-order valence-electron chi connectivity index (χ3n) is 3.69. The van der Waals surface area contributed by atoms with Crippen LogP contribution in [0.1, 0.15) is 59.3 Å². The summed E-state index contributed by atoms with van der Waals surface area (Å²) in [6, 6.07) is 0.353. The molecule has 1 fully saturated rings. The van der Waals surface area contributed by atoms with Crippen LogP contribution in [0, 0.1) is 5.41 Å². The lowest BCUT2D eigenvalue weighted by Crippen LogP contribution is -2.35. The molecule has 1 rings (SSSR count). The molecule has 0 heterocycles. The minimum Gasteiger partial charge on any atom is -0.477 e. The second-order valence-corrected chi connectivity index (χ2v) is 5.47. The molecule has 1 aliphatic rings. The molecule has 0 unspecified atom stereocenters. The first-order valence-corrected chi connectivity index (χ1v) is 6.54. The average Bonchev–Trinajstić information content (AvgIpc) is 2.30. The third-order valence-corrected chi connectivity index (χ3v) is 3.69. The van der Waals surface area contributed by atoms with Gasteiger partial charge in [0.1, 0.15) is 0 Å². The molecule has 0 atom stereocenters. The van der Waals surface area contributed by atoms with Crippen molar-refractivity contribution in [2.24, 2.45) is 10.5 Å². The summed E-state index contributed by atoms with van der Waals surface area (Å²) >= 11 is 0. The highest BCUT2D eigenvalue weighted by atomic mass is 16.4. The van der Waals surface area contributed by atoms with E-state index < -0.39 is 5.97 Å². The van der Waals surface area contributed by atoms with E-state index in [-0.39, 0.29) is 11.1 Å². The van der Waals surface area contributed by atoms with E-state index in [9.17, 15) is 9.90 Å². The lowest BCUT2D eigenvalue weighted by molar-refractivity contribution is -0.130. The fraction of sp³-hybridized carbons (Fsp3) is 0.846. The predicted octanol–water partition coefficient (Wildman–Crippen LogP) is 2.79. The van der Waals surface area contributed by atoms with Gasteiger partial charge >= 0.3 is 5.97 Å². The van der Waals surface area contributed by atoms with Crippen LogP contribution in [0.4, 0.5) is 0 Å². The van der Waals surface area contributed by atoms with Crippen LogP contribution >= 0.6 is 0 Å². The Morgan fingerprint density at radius 3 is 2.41 bits per heavy atom. The molecule has 0 bridgehead atoms. The number of hydrazone groups is 1. The van der Waals surface area contributed by atoms with Crippen molar-refractivity contribution in [3.63, 3.8) is 0 Å². The minimum atomic E-state index is -0.917. The Morgan fingerprint density at radius 1 is 1.35 bits per heavy atom. The maximum Gasteiger partial charge on any atom is 0.352 e. The highest BCUT2D eigenvalue weighted by Crippen LogP contribution is 2.23. The van der Waals surface area contributed by atoms with Gasteiger partial charge in [0, 0.05) is 11.5 Å². The second kappa shape index (κ2) is 6.03. The molecule has 4 heteroatoms. The molecule has 0 amide bonds. The number of nitrogens with one attached hydrogen (secondary N) is 1. The summed E-state index contributed by atoms with van der Waals surface area (Å²) < 4.78 is 0. The molecule has 17 heavy (non-hydrogen) atoms. The number of nitrogens with zero attached hydrogens (tertiary/aromatic N) is 1. The van der Waals surface area contributed by atoms with Crippen LogP contribution in [0.25, 0.3) is 0 Å². The van der Waals surface area contributed by atoms with Crippen LogP contribution in [-0.4, -0.2) is 22.8 Å². The number of rotatable bonds is 5. The molecule has 2 N–H and O–H groups in total. The quantitative estimate of drug-likeness (QED) is 0.574. The molecule has 0 aromatic carbocycles. The van der Waals surface area contributed by atoms with E-state index in [0.29, 0.717) is 6.04 Å². The van der Waals surface area contributed by atoms with Crippen molar-refractivity contribution in [1.29, 1.82) is 0 Å². The molecule has 0 aliphatic heterocycles. The molecule has 0 aromatic rings. The van der Waals surface area contributed by atoms with Crippen molar-refractivity contribution >= 4 is 11.7 Å². The van der Waals surface area contributed by atoms with Gasteiger partial charge in [0.25, 0.3) is 0 Å². The molecular formula is C13H24N2O2. The monoisotopic (exact) mass is 240 g/mol. The van der Waals surface area contributed by atoms with Crippen molar-refractivity contribution < 1.29 is 9.90 Å². The second-order valence-electron chi connectivity index (χ2n) is 5.47. The molecule has 1 aliphatic carbocycles. The Balaban J connectivity index is 2.66. The third kappa shape index (κ3) is 4.02. The van der Waals surface area contributed by atoms with E-state index in [4.69, 9.17) is 0 Å². The number of carbonyl (C=O) groups is 1. The van der Waals surface area contributed by atoms with Gasteiger partial charge in [-0.05, 0) is 19.3 Å². The summed E-state index contributed by atoms with van der Waals surface area (Å²) in [7, 11) is 0. The van der Waals surface area contributed by atoms with Gasteiger partial charge in [-0.25, -0.2) is 4.79 Å². The fourth-order valence-electron chi connectivity index (χ4n) is 2.04. The highest BCUT2D eigenvalue weighted by Gasteiger charge is 2.29. The summed E-state index contributed by atoms with van der Waals surface area (Å²) in [6.07, 6.45) is 6.68. The standard InChI is InChI=1S/C13H24N2O2/c1-4-13(2,3)11(12(16)17)15-14-10-8-6-5-7-9-10/h10,14H,4-9H2,1-3H3,(H,16,17). The van der Waals surface area contributed by atoms with Gasteiger partial charge in [-0.1, -0.05) is 40.0 Å². The van der Waals surface area contributed by atoms with Crippen molar-refractivity contribution in [3.8, 4) is 0 Å². The largest absolute Gasteiger partial charge is 0.477 e. The van der Waals surface area contributed by atoms with E-state index >= 15 is 0 Å². The summed E-state index contributed by atoms with van der Waals surface area (Å²) in [4.78, 5) is 11.2. The van der Waals surface area contributed by atoms with Crippen LogP contribution in [0.15, 0.2) is 5.10 Å². The number of aliphatic carboxylic acids is 1. The molecule has 0 radical (unpaired) electrons. The van der Waals surface area contributed by atoms with Gasteiger partial charge in [-0.15, -0.1) is 0 Å². The van der Waals surface area contributed by atoms with Crippen LogP contribution < -0.4 is 5.43 Å². The Hall–Kier alpha value is -1.06. The van der Waals surface area contributed by atoms with Gasteiger partial charge in [0.05, 0.1) is 0 Å². The number of hydrogen-bond acceptors (Lipinski definition) is 3. The molecule has 4 nitrogen and oxygen atoms in total. The zero-order valence-corrected chi connectivity index (χ0v) is 11.1. The van der Waals surface area contributed by atoms with Crippen molar-refractivity contribution in [1.82, 2.24) is 5.43 Å². The van der Waals surface area contributed by atoms with Crippen molar-refractivity contribution in [2.75, 3.05) is 0 Å². The van der Waals surface area contributed by atoms with Gasteiger partial charge in [0.15, 0.2) is 5.71 Å². The zero-order valence-electron chi connectivity index (χ0n) is 11.1. The molecule has 0 spiro atoms. The van der Waals surface area contributed by atoms with Crippen LogP contribution in [0.2, 0.25) is 0 Å². The van der Waals surface area contributed by atoms with Gasteiger partial charge in [-0.2, -0.15) is 5.10 Å². The number of carboxylic acid groups (broad SMARTS) is 1. The number of carboxylic acids is 1. The maximum absolute atomic E-state index is 11.2. The SMILES string of the molecule is CCC(C)(C)C(=NNC1CCCCC1)C(=O)O. The normalized spacial score (nSPS) is 19.1. The highest BCUT2D eigenvalue weighted by molar-refractivity contribution is 6.37. The zero-order chi connectivity index (χ0) is 12.9. The smallest absolute Gasteiger partial charge is 0.352 e. The first-order chi connectivity index (χ1) is 7.97. The fourth-order valence-corrected chi connectivity index (χ4v) is 2.04. The lowest BCUT2D eigenvalue weighted by atomic mass is 9.84. The first-order valence-electron chi connectivity index (χ1n) is 6.54. The molecule has 1 saturated carbocycles. The van der Waals surface area contributed by atoms with E-state index in [0.717, 1.165) is 19.3 Å². The number of hydrogen-bond donors (Lipinski definition) is 2. The van der Waals surface area contributed by atoms with Crippen LogP contribution in [-0.2, 0) is 4.79 Å². The van der Waals surface area contributed by atoms with Gasteiger partial charge in [0.2, 0.25) is 0 Å². The predicted molar refractivity (Wildman–Crippen MR) is 69.2 cm³/mol. The van der Waals surface area contributed by atoms with Gasteiger partial charge < -0.3 is 10.5 Å². The van der Waals surface area contributed by atoms with Crippen LogP contribution in [0.5, 0.6) is 0 Å². The van der Waals surface area contributed by atoms with Gasteiger partial charge in [-0.3, -0.25) is 0 Å². The Morgan fingerprint density at radius 2 is 1.94 bits per heavy atom. The van der Waals surface area contributed by atoms with E-state index in [2.05, 4.69) is 10.5 Å². The van der Waals surface area contributed by atoms with Crippen LogP contribution in [0.3, 0.4) is 0 Å². The maximum atomic E-state index is 11.2. The Bertz CT molecular complexity index is 292. The summed E-state index contributed by atoms with van der Waals surface area (Å²) in [6.45, 7) is 5.82. The molecule has 0 saturated heterocycles. The van der Waals surface area contributed by atoms with E-state index in [1.54, 1.807) is 0 Å². The summed E-state index contributed by atoms with van der Waals surface area (Å²) in [5.41, 5.74) is 2.91. The summed E-state index contributed by atoms with van der Waals surface area (Å²) in [5, 5.41) is 13.4. The van der Waals surface area contributed by atoms with E-state index in [1.807, 2.05) is 20.8 Å². The molecule has 98 valence electrons. The topological polar surface area (TPSA) is 61.7 Å². The minimum absolute atomic E-state index is 0.241. The molecule has 0 aromatic heterocycles. The van der Waals surface area contributed by atoms with E-state index in [1.165, 1.54) is 19.3 Å². The van der Waals surface area contributed by atoms with Crippen molar-refractivity contribution in [3.05, 3.63) is 0 Å². The lowest BCUT2D eigenvalue weighted by Gasteiger charge is -2.25. The average molecular weight is 240 g/mol.